The number of carbonyl (C=O) groups excluding carboxylic acids is 2. The van der Waals surface area contributed by atoms with Gasteiger partial charge in [-0.3, -0.25) is 14.0 Å². The standard InChI is InChI=1S/C31H28N4O6/c1-4-41-31(38)23-18-22-28(32-26-12-8-9-15-34(26)30(22)37)35(19-20-10-6-5-7-11-20)29(23)33-27(36)17-21-13-14-24(39-2)25(16-21)40-3/h5-16,18H,4,17,19H2,1-3H3. The Morgan fingerprint density at radius 1 is 0.902 bits per heavy atom. The minimum Gasteiger partial charge on any atom is -0.493 e. The van der Waals surface area contributed by atoms with Crippen molar-refractivity contribution in [1.82, 2.24) is 14.0 Å². The van der Waals surface area contributed by atoms with E-state index in [2.05, 4.69) is 4.99 Å². The number of rotatable bonds is 8. The fourth-order valence-electron chi connectivity index (χ4n) is 4.60. The number of esters is 1. The van der Waals surface area contributed by atoms with Crippen LogP contribution in [0.5, 0.6) is 11.5 Å². The molecule has 0 fully saturated rings. The van der Waals surface area contributed by atoms with Gasteiger partial charge in [-0.15, -0.1) is 0 Å². The highest BCUT2D eigenvalue weighted by atomic mass is 16.5. The molecule has 0 saturated heterocycles. The smallest absolute Gasteiger partial charge is 0.341 e. The summed E-state index contributed by atoms with van der Waals surface area (Å²) in [5, 5.41) is 0.193. The summed E-state index contributed by atoms with van der Waals surface area (Å²) in [4.78, 5) is 49.3. The second-order valence-corrected chi connectivity index (χ2v) is 9.13. The van der Waals surface area contributed by atoms with E-state index >= 15 is 0 Å². The van der Waals surface area contributed by atoms with Crippen molar-refractivity contribution in [2.24, 2.45) is 4.99 Å². The van der Waals surface area contributed by atoms with Crippen LogP contribution in [-0.2, 0) is 22.5 Å². The Balaban J connectivity index is 1.77. The molecule has 5 aromatic rings. The maximum Gasteiger partial charge on any atom is 0.341 e. The van der Waals surface area contributed by atoms with Gasteiger partial charge in [0.15, 0.2) is 17.0 Å². The summed E-state index contributed by atoms with van der Waals surface area (Å²) in [6.45, 7) is 1.98. The predicted molar refractivity (Wildman–Crippen MR) is 152 cm³/mol. The first-order valence-electron chi connectivity index (χ1n) is 13.0. The molecule has 41 heavy (non-hydrogen) atoms. The van der Waals surface area contributed by atoms with Crippen molar-refractivity contribution in [2.45, 2.75) is 19.9 Å². The summed E-state index contributed by atoms with van der Waals surface area (Å²) < 4.78 is 19.0. The Labute approximate surface area is 235 Å². The van der Waals surface area contributed by atoms with Gasteiger partial charge < -0.3 is 18.8 Å². The van der Waals surface area contributed by atoms with E-state index in [4.69, 9.17) is 19.2 Å². The number of carbonyl (C=O) groups is 2. The quantitative estimate of drug-likeness (QED) is 0.214. The number of ether oxygens (including phenoxy) is 3. The molecule has 0 aliphatic rings. The molecular formula is C31H28N4O6. The molecule has 0 spiro atoms. The van der Waals surface area contributed by atoms with Gasteiger partial charge in [0.1, 0.15) is 16.9 Å². The van der Waals surface area contributed by atoms with Crippen molar-refractivity contribution < 1.29 is 23.8 Å². The van der Waals surface area contributed by atoms with E-state index in [-0.39, 0.29) is 47.2 Å². The molecule has 2 aromatic carbocycles. The SMILES string of the molecule is CCOC(=O)c1cc2c(=O)n3ccccc3nc2n(Cc2ccccc2)c1=NC(=O)Cc1ccc(OC)c(OC)c1. The molecule has 3 heterocycles. The first-order chi connectivity index (χ1) is 19.9. The molecule has 0 N–H and O–H groups in total. The van der Waals surface area contributed by atoms with Crippen LogP contribution in [0.15, 0.2) is 88.8 Å². The van der Waals surface area contributed by atoms with E-state index in [0.717, 1.165) is 5.56 Å². The largest absolute Gasteiger partial charge is 0.493 e. The summed E-state index contributed by atoms with van der Waals surface area (Å²) in [6, 6.07) is 21.2. The number of hydrogen-bond acceptors (Lipinski definition) is 7. The van der Waals surface area contributed by atoms with Gasteiger partial charge in [-0.25, -0.2) is 9.78 Å². The summed E-state index contributed by atoms with van der Waals surface area (Å²) in [6.07, 6.45) is 1.54. The highest BCUT2D eigenvalue weighted by molar-refractivity contribution is 5.94. The Bertz CT molecular complexity index is 1890. The highest BCUT2D eigenvalue weighted by Crippen LogP contribution is 2.27. The topological polar surface area (TPSA) is 113 Å². The molecule has 208 valence electrons. The van der Waals surface area contributed by atoms with E-state index in [1.807, 2.05) is 30.3 Å². The molecule has 10 heteroatoms. The second kappa shape index (κ2) is 11.9. The molecule has 5 rings (SSSR count). The zero-order valence-corrected chi connectivity index (χ0v) is 22.9. The van der Waals surface area contributed by atoms with Gasteiger partial charge in [-0.1, -0.05) is 42.5 Å². The Hall–Kier alpha value is -5.25. The Kier molecular flexibility index (Phi) is 7.91. The lowest BCUT2D eigenvalue weighted by Gasteiger charge is -2.15. The maximum absolute atomic E-state index is 13.6. The molecule has 1 amide bonds. The van der Waals surface area contributed by atoms with Crippen molar-refractivity contribution in [3.63, 3.8) is 0 Å². The summed E-state index contributed by atoms with van der Waals surface area (Å²) in [5.74, 6) is -0.204. The zero-order chi connectivity index (χ0) is 28.9. The molecule has 0 aliphatic carbocycles. The first-order valence-corrected chi connectivity index (χ1v) is 13.0. The number of amides is 1. The van der Waals surface area contributed by atoms with Crippen LogP contribution < -0.4 is 20.5 Å². The van der Waals surface area contributed by atoms with Crippen molar-refractivity contribution in [3.8, 4) is 11.5 Å². The number of aromatic nitrogens is 3. The number of pyridine rings is 2. The van der Waals surface area contributed by atoms with E-state index in [0.29, 0.717) is 22.7 Å². The molecule has 0 unspecified atom stereocenters. The summed E-state index contributed by atoms with van der Waals surface area (Å²) in [7, 11) is 3.05. The number of benzene rings is 2. The highest BCUT2D eigenvalue weighted by Gasteiger charge is 2.20. The van der Waals surface area contributed by atoms with Gasteiger partial charge in [-0.05, 0) is 48.4 Å². The van der Waals surface area contributed by atoms with E-state index < -0.39 is 11.9 Å². The van der Waals surface area contributed by atoms with Crippen LogP contribution in [0, 0.1) is 0 Å². The van der Waals surface area contributed by atoms with Gasteiger partial charge >= 0.3 is 5.97 Å². The molecule has 3 aromatic heterocycles. The lowest BCUT2D eigenvalue weighted by atomic mass is 10.1. The average molecular weight is 553 g/mol. The van der Waals surface area contributed by atoms with Crippen molar-refractivity contribution >= 4 is 28.6 Å². The van der Waals surface area contributed by atoms with Gasteiger partial charge in [0, 0.05) is 6.20 Å². The van der Waals surface area contributed by atoms with Crippen LogP contribution in [-0.4, -0.2) is 46.7 Å². The molecule has 0 bridgehead atoms. The second-order valence-electron chi connectivity index (χ2n) is 9.13. The number of methoxy groups -OCH3 is 2. The average Bonchev–Trinajstić information content (AvgIpc) is 2.99. The van der Waals surface area contributed by atoms with Crippen LogP contribution >= 0.6 is 0 Å². The van der Waals surface area contributed by atoms with Crippen molar-refractivity contribution in [3.05, 3.63) is 112 Å². The van der Waals surface area contributed by atoms with E-state index in [1.165, 1.54) is 24.7 Å². The monoisotopic (exact) mass is 552 g/mol. The third kappa shape index (κ3) is 5.58. The third-order valence-corrected chi connectivity index (χ3v) is 6.50. The third-order valence-electron chi connectivity index (χ3n) is 6.50. The van der Waals surface area contributed by atoms with Gasteiger partial charge in [0.2, 0.25) is 0 Å². The number of fused-ring (bicyclic) bond motifs is 2. The van der Waals surface area contributed by atoms with Gasteiger partial charge in [-0.2, -0.15) is 4.99 Å². The number of hydrogen-bond donors (Lipinski definition) is 0. The fourth-order valence-corrected chi connectivity index (χ4v) is 4.60. The van der Waals surface area contributed by atoms with Gasteiger partial charge in [0.05, 0.1) is 39.2 Å². The lowest BCUT2D eigenvalue weighted by Crippen LogP contribution is -2.33. The Morgan fingerprint density at radius 3 is 2.39 bits per heavy atom. The van der Waals surface area contributed by atoms with Crippen LogP contribution in [0.4, 0.5) is 0 Å². The molecular weight excluding hydrogens is 524 g/mol. The predicted octanol–water partition coefficient (Wildman–Crippen LogP) is 3.56. The van der Waals surface area contributed by atoms with Crippen LogP contribution in [0.3, 0.4) is 0 Å². The normalized spacial score (nSPS) is 11.5. The minimum atomic E-state index is -0.702. The summed E-state index contributed by atoms with van der Waals surface area (Å²) >= 11 is 0. The van der Waals surface area contributed by atoms with E-state index in [1.54, 1.807) is 54.1 Å². The zero-order valence-electron chi connectivity index (χ0n) is 22.9. The van der Waals surface area contributed by atoms with Crippen molar-refractivity contribution in [1.29, 1.82) is 0 Å². The van der Waals surface area contributed by atoms with E-state index in [9.17, 15) is 14.4 Å². The van der Waals surface area contributed by atoms with Crippen molar-refractivity contribution in [2.75, 3.05) is 20.8 Å². The lowest BCUT2D eigenvalue weighted by molar-refractivity contribution is -0.117. The first kappa shape index (κ1) is 27.3. The van der Waals surface area contributed by atoms with Gasteiger partial charge in [0.25, 0.3) is 11.5 Å². The van der Waals surface area contributed by atoms with Crippen LogP contribution in [0.2, 0.25) is 0 Å². The molecule has 10 nitrogen and oxygen atoms in total. The van der Waals surface area contributed by atoms with Crippen LogP contribution in [0.1, 0.15) is 28.4 Å². The molecule has 0 atom stereocenters. The maximum atomic E-state index is 13.6. The fraction of sp³-hybridized carbons (Fsp3) is 0.194. The summed E-state index contributed by atoms with van der Waals surface area (Å²) in [5.41, 5.74) is 1.89. The van der Waals surface area contributed by atoms with Crippen LogP contribution in [0.25, 0.3) is 16.7 Å². The number of nitrogens with zero attached hydrogens (tertiary/aromatic N) is 4. The molecule has 0 aliphatic heterocycles. The minimum absolute atomic E-state index is 0.00859. The molecule has 0 saturated carbocycles. The Morgan fingerprint density at radius 2 is 1.66 bits per heavy atom. The molecule has 0 radical (unpaired) electrons.